The minimum absolute atomic E-state index is 0.00561. The Bertz CT molecular complexity index is 3760. The number of carboxylic acid groups (broad SMARTS) is 1. The molecule has 1 aromatic heterocycles. The molecule has 92 heavy (non-hydrogen) atoms. The molecule has 0 saturated carbocycles. The number of hydrogen-bond acceptors (Lipinski definition) is 33. The van der Waals surface area contributed by atoms with Crippen molar-refractivity contribution in [2.75, 3.05) is 19.8 Å². The number of fused-ring (bicyclic) bond motifs is 2. The lowest BCUT2D eigenvalue weighted by atomic mass is 9.97. The number of rotatable bonds is 18. The van der Waals surface area contributed by atoms with Crippen molar-refractivity contribution in [3.63, 3.8) is 0 Å². The lowest BCUT2D eigenvalue weighted by molar-refractivity contribution is -0.358. The van der Waals surface area contributed by atoms with Crippen LogP contribution < -0.4 is 25.1 Å². The van der Waals surface area contributed by atoms with E-state index in [-0.39, 0.29) is 39.7 Å². The molecule has 4 aromatic rings. The van der Waals surface area contributed by atoms with Crippen molar-refractivity contribution < 1.29 is 167 Å². The van der Waals surface area contributed by atoms with Gasteiger partial charge in [0.1, 0.15) is 121 Å². The quantitative estimate of drug-likeness (QED) is 0.0166. The van der Waals surface area contributed by atoms with Crippen molar-refractivity contribution in [3.05, 3.63) is 88.4 Å². The fourth-order valence-corrected chi connectivity index (χ4v) is 10.3. The number of benzene rings is 4. The number of carbonyl (C=O) groups is 3. The molecule has 6 aliphatic rings. The van der Waals surface area contributed by atoms with Crippen LogP contribution in [0.1, 0.15) is 6.42 Å². The molecule has 1 aliphatic carbocycles. The minimum atomic E-state index is -2.40. The van der Waals surface area contributed by atoms with Gasteiger partial charge in [-0.2, -0.15) is 0 Å². The fraction of sp³-hybridized carbons (Fsp3) is 0.421. The number of aliphatic hydroxyl groups is 12. The predicted molar refractivity (Wildman–Crippen MR) is 291 cm³/mol. The standard InChI is InChI=1S/C57H58O35/c58-14-30-36(68)40(72)46(78)55(86-30)92-52-42(74)37(69)31(15-59)87-57(52)90-49-39(71)35-26(65)10-21(11-28(35)84-48(49)17-1-4-19(60)5-2-17)82-56-51(44(76)43(75)50(91-56)53(79)80)89-34(67)13-33(66)81-16-32-38(70)41(73)45(77)54(88-32)85-29-12-22-24(63)8-20(61)9-27(22)83-47(29)18-3-6-23(62)25(64)7-18/h1-12,30-32,36-38,40-46,50-52,54-60,62-65,68-70,72-78H,13-16H2,(H,79,80)/p+1. The Labute approximate surface area is 512 Å². The van der Waals surface area contributed by atoms with Gasteiger partial charge in [-0.15, -0.1) is 0 Å². The summed E-state index contributed by atoms with van der Waals surface area (Å²) in [6, 6.07) is 12.7. The van der Waals surface area contributed by atoms with E-state index in [0.29, 0.717) is 0 Å². The first-order valence-electron chi connectivity index (χ1n) is 27.5. The van der Waals surface area contributed by atoms with E-state index in [0.717, 1.165) is 54.6 Å². The monoisotopic (exact) mass is 1300 g/mol. The molecule has 0 radical (unpaired) electrons. The van der Waals surface area contributed by atoms with E-state index in [1.165, 1.54) is 18.2 Å². The molecule has 35 heteroatoms. The van der Waals surface area contributed by atoms with Crippen molar-refractivity contribution in [3.8, 4) is 80.0 Å². The number of aromatic hydroxyl groups is 5. The second-order valence-corrected chi connectivity index (χ2v) is 21.4. The van der Waals surface area contributed by atoms with Crippen molar-refractivity contribution in [2.24, 2.45) is 0 Å². The molecule has 0 bridgehead atoms. The van der Waals surface area contributed by atoms with Gasteiger partial charge in [0.25, 0.3) is 5.75 Å². The van der Waals surface area contributed by atoms with Gasteiger partial charge in [0, 0.05) is 35.4 Å². The molecule has 4 fully saturated rings. The Morgan fingerprint density at radius 1 is 0.522 bits per heavy atom. The highest BCUT2D eigenvalue weighted by atomic mass is 16.8. The number of hydrogen-bond donors (Lipinski definition) is 18. The molecule has 20 atom stereocenters. The van der Waals surface area contributed by atoms with E-state index in [1.807, 2.05) is 0 Å². The first-order valence-corrected chi connectivity index (χ1v) is 27.5. The highest BCUT2D eigenvalue weighted by Gasteiger charge is 2.54. The van der Waals surface area contributed by atoms with E-state index in [1.54, 1.807) is 0 Å². The number of esters is 2. The number of ether oxygens (including phenoxy) is 10. The van der Waals surface area contributed by atoms with Gasteiger partial charge in [0.2, 0.25) is 18.9 Å². The van der Waals surface area contributed by atoms with Crippen LogP contribution in [0.3, 0.4) is 0 Å². The average molecular weight is 1300 g/mol. The number of aliphatic hydroxyl groups excluding tert-OH is 12. The summed E-state index contributed by atoms with van der Waals surface area (Å²) >= 11 is 0. The van der Waals surface area contributed by atoms with Gasteiger partial charge in [-0.05, 0) is 48.5 Å². The summed E-state index contributed by atoms with van der Waals surface area (Å²) in [5.41, 5.74) is -2.42. The maximum absolute atomic E-state index is 13.5. The Balaban J connectivity index is 0.876. The first-order chi connectivity index (χ1) is 43.7. The summed E-state index contributed by atoms with van der Waals surface area (Å²) in [7, 11) is 0. The maximum atomic E-state index is 13.5. The summed E-state index contributed by atoms with van der Waals surface area (Å²) in [5, 5.41) is 190. The molecule has 3 aromatic carbocycles. The normalized spacial score (nSPS) is 31.6. The molecule has 0 amide bonds. The highest BCUT2D eigenvalue weighted by Crippen LogP contribution is 2.44. The average Bonchev–Trinajstić information content (AvgIpc) is 0.901. The van der Waals surface area contributed by atoms with Crippen molar-refractivity contribution in [1.82, 2.24) is 0 Å². The highest BCUT2D eigenvalue weighted by molar-refractivity contribution is 5.91. The van der Waals surface area contributed by atoms with E-state index in [9.17, 15) is 116 Å². The summed E-state index contributed by atoms with van der Waals surface area (Å²) in [5.74, 6) is -10.7. The van der Waals surface area contributed by atoms with Crippen LogP contribution in [-0.2, 0) is 47.5 Å². The maximum Gasteiger partial charge on any atom is 0.400 e. The van der Waals surface area contributed by atoms with Crippen molar-refractivity contribution >= 4 is 28.9 Å². The van der Waals surface area contributed by atoms with Crippen LogP contribution in [0.2, 0.25) is 0 Å². The van der Waals surface area contributed by atoms with Crippen molar-refractivity contribution in [2.45, 2.75) is 129 Å². The number of carboxylic acids is 1. The van der Waals surface area contributed by atoms with Gasteiger partial charge < -0.3 is 148 Å². The number of phenolic OH excluding ortho intramolecular Hbond substituents is 5. The molecule has 4 saturated heterocycles. The molecule has 5 aliphatic heterocycles. The summed E-state index contributed by atoms with van der Waals surface area (Å²) in [6.07, 6.45) is -42.4. The third-order valence-corrected chi connectivity index (χ3v) is 15.2. The van der Waals surface area contributed by atoms with Gasteiger partial charge in [-0.1, -0.05) is 0 Å². The molecule has 0 spiro atoms. The number of aliphatic carboxylic acids is 1. The van der Waals surface area contributed by atoms with Gasteiger partial charge in [0.05, 0.1) is 18.8 Å². The van der Waals surface area contributed by atoms with Crippen LogP contribution in [0.15, 0.2) is 86.4 Å². The zero-order chi connectivity index (χ0) is 66.5. The Hall–Kier alpha value is -8.57. The van der Waals surface area contributed by atoms with Gasteiger partial charge in [-0.3, -0.25) is 19.2 Å². The molecule has 496 valence electrons. The van der Waals surface area contributed by atoms with Crippen LogP contribution in [0.5, 0.6) is 46.0 Å². The van der Waals surface area contributed by atoms with E-state index in [4.69, 9.17) is 56.2 Å². The van der Waals surface area contributed by atoms with Gasteiger partial charge >= 0.3 is 23.3 Å². The zero-order valence-electron chi connectivity index (χ0n) is 46.8. The Morgan fingerprint density at radius 2 is 1.13 bits per heavy atom. The van der Waals surface area contributed by atoms with E-state index < -0.39 is 229 Å². The number of carbonyl (C=O) groups excluding carboxylic acids is 2. The first kappa shape index (κ1) is 66.4. The minimum Gasteiger partial charge on any atom is -0.508 e. The second kappa shape index (κ2) is 26.9. The third-order valence-electron chi connectivity index (χ3n) is 15.2. The molecule has 19 N–H and O–H groups in total. The van der Waals surface area contributed by atoms with E-state index in [2.05, 4.69) is 0 Å². The Kier molecular flexibility index (Phi) is 19.4. The fourth-order valence-electron chi connectivity index (χ4n) is 10.3. The topological polar surface area (TPSA) is 572 Å². The third kappa shape index (κ3) is 13.2. The number of phenols is 5. The van der Waals surface area contributed by atoms with Crippen LogP contribution >= 0.6 is 0 Å². The molecular weight excluding hydrogens is 1240 g/mol. The van der Waals surface area contributed by atoms with E-state index >= 15 is 0 Å². The molecular formula is C57H59O35+. The van der Waals surface area contributed by atoms with Crippen LogP contribution in [0, 0.1) is 0 Å². The van der Waals surface area contributed by atoms with Crippen LogP contribution in [0.4, 0.5) is 0 Å². The summed E-state index contributed by atoms with van der Waals surface area (Å²) in [4.78, 5) is 63.2. The molecule has 10 rings (SSSR count). The molecule has 35 nitrogen and oxygen atoms in total. The van der Waals surface area contributed by atoms with Crippen LogP contribution in [-0.4, -0.2) is 257 Å². The lowest BCUT2D eigenvalue weighted by Crippen LogP contribution is -2.65. The predicted octanol–water partition coefficient (Wildman–Crippen LogP) is -5.00. The van der Waals surface area contributed by atoms with Crippen LogP contribution in [0.25, 0.3) is 44.9 Å². The lowest BCUT2D eigenvalue weighted by Gasteiger charge is -2.45. The molecule has 20 unspecified atom stereocenters. The van der Waals surface area contributed by atoms with Gasteiger partial charge in [-0.25, -0.2) is 4.79 Å². The second-order valence-electron chi connectivity index (χ2n) is 21.4. The SMILES string of the molecule is O=C(CC(=O)OC1C(Oc2cc(O)c3c(=[OH+])c(OC4OC(CO)C(O)C(O)C4OC4OC(CO)C(O)C(O)C4O)c(-c4ccc(O)cc4)oc3c2)OC(C(=O)O)C(O)C1O)OCC1OC(Oc2cc3c(O)cc(=O)cc-3oc2-c2ccc(O)c(O)c2)C(O)C(O)C1O. The largest absolute Gasteiger partial charge is 0.508 e. The smallest absolute Gasteiger partial charge is 0.400 e. The zero-order valence-corrected chi connectivity index (χ0v) is 46.8. The summed E-state index contributed by atoms with van der Waals surface area (Å²) < 4.78 is 68.1. The summed E-state index contributed by atoms with van der Waals surface area (Å²) in [6.45, 7) is -2.90. The Morgan fingerprint density at radius 3 is 1.79 bits per heavy atom. The van der Waals surface area contributed by atoms with Crippen molar-refractivity contribution in [1.29, 1.82) is 0 Å². The van der Waals surface area contributed by atoms with Gasteiger partial charge in [0.15, 0.2) is 69.8 Å². The molecule has 6 heterocycles.